The second-order valence-corrected chi connectivity index (χ2v) is 34.4. The first-order valence-electron chi connectivity index (χ1n) is 31.5. The Morgan fingerprint density at radius 1 is 0.424 bits per heavy atom. The largest absolute Gasteiger partial charge is 0.449 e. The van der Waals surface area contributed by atoms with E-state index in [0.29, 0.717) is 76.9 Å². The van der Waals surface area contributed by atoms with Gasteiger partial charge in [-0.25, -0.2) is 15.0 Å². The average molecular weight is 1350 g/mol. The van der Waals surface area contributed by atoms with Gasteiger partial charge in [0, 0.05) is 83.2 Å². The number of imidazole rings is 1. The number of aromatic nitrogens is 4. The van der Waals surface area contributed by atoms with Crippen molar-refractivity contribution in [2.45, 2.75) is 220 Å². The van der Waals surface area contributed by atoms with Crippen LogP contribution in [0.4, 0.5) is 0 Å². The van der Waals surface area contributed by atoms with E-state index in [-0.39, 0.29) is 12.6 Å². The van der Waals surface area contributed by atoms with E-state index in [2.05, 4.69) is 178 Å². The Morgan fingerprint density at radius 2 is 0.882 bits per heavy atom. The van der Waals surface area contributed by atoms with Gasteiger partial charge in [-0.05, 0) is 66.1 Å². The fraction of sp³-hybridized carbons (Fsp3) is 0.859. The summed E-state index contributed by atoms with van der Waals surface area (Å²) in [5.41, 5.74) is 1.43. The molecule has 10 heterocycles. The minimum absolute atomic E-state index is 0.0544. The molecule has 7 saturated heterocycles. The number of aliphatic hydroxyl groups excluding tert-OH is 1. The van der Waals surface area contributed by atoms with E-state index in [0.717, 1.165) is 72.2 Å². The predicted octanol–water partition coefficient (Wildman–Crippen LogP) is 18.3. The molecule has 0 aliphatic carbocycles. The smallest absolute Gasteiger partial charge is 0.196 e. The van der Waals surface area contributed by atoms with Crippen molar-refractivity contribution in [1.29, 1.82) is 0 Å². The van der Waals surface area contributed by atoms with E-state index in [1.165, 1.54) is 58.1 Å². The summed E-state index contributed by atoms with van der Waals surface area (Å²) in [6.07, 6.45) is 11.9. The predicted molar refractivity (Wildman–Crippen MR) is 379 cm³/mol. The molecular weight excluding hydrogens is 1230 g/mol. The zero-order valence-electron chi connectivity index (χ0n) is 56.2. The Labute approximate surface area is 552 Å². The van der Waals surface area contributed by atoms with E-state index in [4.69, 9.17) is 42.7 Å². The molecule has 3 atom stereocenters. The monoisotopic (exact) mass is 1340 g/mol. The molecule has 7 aliphatic rings. The van der Waals surface area contributed by atoms with Gasteiger partial charge in [-0.3, -0.25) is 0 Å². The molecule has 0 spiro atoms. The third-order valence-corrected chi connectivity index (χ3v) is 24.9. The van der Waals surface area contributed by atoms with E-state index in [1.807, 2.05) is 80.8 Å². The summed E-state index contributed by atoms with van der Waals surface area (Å²) < 4.78 is 44.0. The number of nitrogens with zero attached hydrogens (tertiary/aromatic N) is 3. The number of hydrogen-bond acceptors (Lipinski definition) is 20. The highest BCUT2D eigenvalue weighted by molar-refractivity contribution is 8.20. The normalized spacial score (nSPS) is 22.7. The molecule has 21 heteroatoms. The highest BCUT2D eigenvalue weighted by Crippen LogP contribution is 2.37. The number of hydrogen-bond donors (Lipinski definition) is 2. The number of H-pyrrole nitrogens is 1. The number of aromatic amines is 1. The number of ether oxygens (including phenoxy) is 7. The molecule has 498 valence electrons. The lowest BCUT2D eigenvalue weighted by Crippen LogP contribution is -2.38. The van der Waals surface area contributed by atoms with E-state index in [1.54, 1.807) is 30.0 Å². The lowest BCUT2D eigenvalue weighted by molar-refractivity contribution is -0.232. The molecule has 0 saturated carbocycles. The molecule has 0 aromatic carbocycles. The molecule has 2 N–H and O–H groups in total. The number of aliphatic hydroxyl groups is 1. The number of thioether (sulfide) groups is 7. The number of nitrogens with one attached hydrogen (secondary N) is 1. The van der Waals surface area contributed by atoms with Crippen LogP contribution < -0.4 is 0 Å². The van der Waals surface area contributed by atoms with Gasteiger partial charge < -0.3 is 47.7 Å². The molecule has 10 rings (SSSR count). The molecule has 3 unspecified atom stereocenters. The fourth-order valence-corrected chi connectivity index (χ4v) is 17.2. The summed E-state index contributed by atoms with van der Waals surface area (Å²) in [7, 11) is 0. The van der Waals surface area contributed by atoms with Crippen molar-refractivity contribution in [3.63, 3.8) is 0 Å². The summed E-state index contributed by atoms with van der Waals surface area (Å²) in [6, 6.07) is 0. The Hall–Kier alpha value is 0.180. The van der Waals surface area contributed by atoms with Crippen LogP contribution in [-0.2, 0) is 33.2 Å². The molecular formula is C64H120N4O9S8. The van der Waals surface area contributed by atoms with Gasteiger partial charge in [-0.1, -0.05) is 138 Å². The van der Waals surface area contributed by atoms with Gasteiger partial charge in [0.2, 0.25) is 0 Å². The van der Waals surface area contributed by atoms with Crippen molar-refractivity contribution in [3.05, 3.63) is 53.2 Å². The van der Waals surface area contributed by atoms with Crippen LogP contribution in [0.2, 0.25) is 0 Å². The Bertz CT molecular complexity index is 1650. The second-order valence-electron chi connectivity index (χ2n) is 24.3. The summed E-state index contributed by atoms with van der Waals surface area (Å²) in [4.78, 5) is 15.2. The quantitative estimate of drug-likeness (QED) is 0.198. The van der Waals surface area contributed by atoms with Crippen molar-refractivity contribution < 1.29 is 42.7 Å². The highest BCUT2D eigenvalue weighted by atomic mass is 32.2. The zero-order valence-corrected chi connectivity index (χ0v) is 62.7. The third kappa shape index (κ3) is 42.1. The molecule has 85 heavy (non-hydrogen) atoms. The van der Waals surface area contributed by atoms with Gasteiger partial charge in [-0.15, -0.1) is 93.7 Å². The Kier molecular flexibility index (Phi) is 50.6. The van der Waals surface area contributed by atoms with Gasteiger partial charge in [0.05, 0.1) is 60.0 Å². The minimum atomic E-state index is -0.435. The van der Waals surface area contributed by atoms with Crippen molar-refractivity contribution in [1.82, 2.24) is 19.9 Å². The third-order valence-electron chi connectivity index (χ3n) is 12.2. The second kappa shape index (κ2) is 51.7. The Morgan fingerprint density at radius 3 is 1.14 bits per heavy atom. The maximum atomic E-state index is 8.96. The Balaban J connectivity index is 0.000000473. The van der Waals surface area contributed by atoms with E-state index >= 15 is 0 Å². The maximum absolute atomic E-state index is 8.96. The zero-order chi connectivity index (χ0) is 63.5. The SMILES string of the molecule is CC(C)C1OCC(O)CO1.CC(C)C1OCCCO1.CC(C)C1OCCCS1.CC(C)C1OCCS1.CC(C)C1OCCS1.CC(C)C1SCCCS1.CC(C)C1SCCS1.CC(C)c1ncc[nH]1.CC(C)c1ncco1.CC(C)c1nccs1. The molecule has 0 bridgehead atoms. The van der Waals surface area contributed by atoms with Gasteiger partial charge in [0.25, 0.3) is 0 Å². The molecule has 3 aromatic heterocycles. The molecule has 3 aromatic rings. The van der Waals surface area contributed by atoms with Crippen molar-refractivity contribution in [3.8, 4) is 0 Å². The van der Waals surface area contributed by atoms with Crippen LogP contribution in [0, 0.1) is 41.4 Å². The first-order chi connectivity index (χ1) is 40.4. The van der Waals surface area contributed by atoms with Crippen LogP contribution in [0.1, 0.15) is 192 Å². The van der Waals surface area contributed by atoms with Crippen molar-refractivity contribution >= 4 is 93.7 Å². The number of oxazole rings is 1. The first-order valence-corrected chi connectivity index (χ1v) is 39.7. The standard InChI is InChI=1S/C7H14O3.C7H14O2.C7H14OS.C7H14S2.C6H10N2.C6H9NO.C6H9NS.2C6H12OS.C6H12S2/c1-5(2)7-9-3-6(8)4-10-7;3*1-6(2)7-8-4-3-5-9-7;6*1-5(2)6-7-3-4-8-6/h5-8H,3-4H2,1-2H3;3*6-7H,3-5H2,1-2H3;3-5H,1-2H3,(H,7,8);2*3-5H,1-2H3;3*5-6H,3-4H2,1-2H3. The number of thiazole rings is 1. The average Bonchev–Trinajstić information content (AvgIpc) is 4.38. The highest BCUT2D eigenvalue weighted by Gasteiger charge is 2.24. The minimum Gasteiger partial charge on any atom is -0.449 e. The van der Waals surface area contributed by atoms with Crippen LogP contribution >= 0.6 is 93.7 Å². The fourth-order valence-electron chi connectivity index (χ4n) is 7.48. The van der Waals surface area contributed by atoms with E-state index < -0.39 is 6.10 Å². The lowest BCUT2D eigenvalue weighted by Gasteiger charge is -2.28. The molecule has 13 nitrogen and oxygen atoms in total. The number of rotatable bonds is 10. The summed E-state index contributed by atoms with van der Waals surface area (Å²) >= 11 is 16.0. The lowest BCUT2D eigenvalue weighted by atomic mass is 10.2. The van der Waals surface area contributed by atoms with Gasteiger partial charge in [-0.2, -0.15) is 0 Å². The first kappa shape index (κ1) is 83.2. The van der Waals surface area contributed by atoms with E-state index in [9.17, 15) is 0 Å². The molecule has 0 radical (unpaired) electrons. The van der Waals surface area contributed by atoms with Crippen LogP contribution in [0.15, 0.2) is 40.8 Å². The summed E-state index contributed by atoms with van der Waals surface area (Å²) in [5.74, 6) is 17.2. The van der Waals surface area contributed by atoms with Crippen molar-refractivity contribution in [2.75, 3.05) is 86.5 Å². The van der Waals surface area contributed by atoms with Crippen LogP contribution in [0.25, 0.3) is 0 Å². The summed E-state index contributed by atoms with van der Waals surface area (Å²) in [6.45, 7) is 48.7. The molecule has 0 amide bonds. The summed E-state index contributed by atoms with van der Waals surface area (Å²) in [5, 5.41) is 12.2. The topological polar surface area (TPSA) is 152 Å². The van der Waals surface area contributed by atoms with Crippen LogP contribution in [-0.4, -0.2) is 156 Å². The van der Waals surface area contributed by atoms with Crippen LogP contribution in [0.5, 0.6) is 0 Å². The van der Waals surface area contributed by atoms with Gasteiger partial charge in [0.1, 0.15) is 34.5 Å². The van der Waals surface area contributed by atoms with Gasteiger partial charge >= 0.3 is 0 Å². The molecule has 7 aliphatic heterocycles. The van der Waals surface area contributed by atoms with Crippen molar-refractivity contribution in [2.24, 2.45) is 41.4 Å². The van der Waals surface area contributed by atoms with Gasteiger partial charge in [0.15, 0.2) is 18.5 Å². The maximum Gasteiger partial charge on any atom is 0.196 e. The van der Waals surface area contributed by atoms with Crippen LogP contribution in [0.3, 0.4) is 0 Å². The molecule has 7 fully saturated rings.